The lowest BCUT2D eigenvalue weighted by Gasteiger charge is -2.18. The molecule has 0 aliphatic carbocycles. The summed E-state index contributed by atoms with van der Waals surface area (Å²) >= 11 is 0. The lowest BCUT2D eigenvalue weighted by atomic mass is 10.1. The van der Waals surface area contributed by atoms with Crippen molar-refractivity contribution < 1.29 is 19.4 Å². The molecule has 0 spiro atoms. The third-order valence-corrected chi connectivity index (χ3v) is 2.58. The van der Waals surface area contributed by atoms with Gasteiger partial charge in [0.2, 0.25) is 0 Å². The van der Waals surface area contributed by atoms with E-state index in [0.717, 1.165) is 5.56 Å². The van der Waals surface area contributed by atoms with Crippen LogP contribution in [-0.2, 0) is 20.9 Å². The third kappa shape index (κ3) is 5.29. The first-order valence-electron chi connectivity index (χ1n) is 6.12. The Morgan fingerprint density at radius 3 is 2.61 bits per heavy atom. The Hall–Kier alpha value is -1.39. The van der Waals surface area contributed by atoms with E-state index >= 15 is 0 Å². The first kappa shape index (κ1) is 14.7. The van der Waals surface area contributed by atoms with Gasteiger partial charge in [-0.25, -0.2) is 0 Å². The van der Waals surface area contributed by atoms with Crippen LogP contribution in [0.15, 0.2) is 30.3 Å². The fourth-order valence-corrected chi connectivity index (χ4v) is 1.47. The minimum atomic E-state index is -0.840. The largest absolute Gasteiger partial charge is 0.466 e. The van der Waals surface area contributed by atoms with E-state index in [9.17, 15) is 9.90 Å². The molecule has 0 aromatic heterocycles. The van der Waals surface area contributed by atoms with Gasteiger partial charge in [0.05, 0.1) is 31.8 Å². The molecule has 0 saturated heterocycles. The van der Waals surface area contributed by atoms with Gasteiger partial charge >= 0.3 is 5.97 Å². The summed E-state index contributed by atoms with van der Waals surface area (Å²) in [5, 5.41) is 9.77. The zero-order valence-electron chi connectivity index (χ0n) is 10.8. The number of benzene rings is 1. The maximum atomic E-state index is 11.2. The topological polar surface area (TPSA) is 55.8 Å². The molecule has 0 heterocycles. The fourth-order valence-electron chi connectivity index (χ4n) is 1.47. The standard InChI is InChI=1S/C14H20O4/c1-3-17-14(16)9-13(15)11(2)18-10-12-7-5-4-6-8-12/h4-8,11,13,15H,3,9-10H2,1-2H3/t11-,13-/m0/s1. The smallest absolute Gasteiger partial charge is 0.308 e. The highest BCUT2D eigenvalue weighted by molar-refractivity contribution is 5.69. The number of esters is 1. The number of carbonyl (C=O) groups excluding carboxylic acids is 1. The molecular formula is C14H20O4. The van der Waals surface area contributed by atoms with E-state index in [4.69, 9.17) is 9.47 Å². The maximum absolute atomic E-state index is 11.2. The predicted octanol–water partition coefficient (Wildman–Crippen LogP) is 1.91. The summed E-state index contributed by atoms with van der Waals surface area (Å²) in [5.74, 6) is -0.403. The Morgan fingerprint density at radius 2 is 2.00 bits per heavy atom. The van der Waals surface area contributed by atoms with Gasteiger partial charge in [0, 0.05) is 0 Å². The Bertz CT molecular complexity index is 350. The zero-order valence-corrected chi connectivity index (χ0v) is 10.8. The van der Waals surface area contributed by atoms with Crippen molar-refractivity contribution in [3.05, 3.63) is 35.9 Å². The van der Waals surface area contributed by atoms with Crippen molar-refractivity contribution in [1.82, 2.24) is 0 Å². The van der Waals surface area contributed by atoms with Crippen LogP contribution in [0.5, 0.6) is 0 Å². The minimum absolute atomic E-state index is 0.0379. The molecule has 0 fully saturated rings. The van der Waals surface area contributed by atoms with Crippen LogP contribution in [0, 0.1) is 0 Å². The summed E-state index contributed by atoms with van der Waals surface area (Å²) in [6.45, 7) is 4.22. The third-order valence-electron chi connectivity index (χ3n) is 2.58. The minimum Gasteiger partial charge on any atom is -0.466 e. The molecule has 18 heavy (non-hydrogen) atoms. The molecule has 0 aliphatic rings. The number of carbonyl (C=O) groups is 1. The van der Waals surface area contributed by atoms with E-state index in [1.807, 2.05) is 30.3 Å². The van der Waals surface area contributed by atoms with Crippen molar-refractivity contribution in [1.29, 1.82) is 0 Å². The number of ether oxygens (including phenoxy) is 2. The zero-order chi connectivity index (χ0) is 13.4. The normalized spacial score (nSPS) is 13.9. The summed E-state index contributed by atoms with van der Waals surface area (Å²) in [5.41, 5.74) is 1.03. The van der Waals surface area contributed by atoms with Crippen molar-refractivity contribution in [3.8, 4) is 0 Å². The summed E-state index contributed by atoms with van der Waals surface area (Å²) in [6, 6.07) is 9.69. The monoisotopic (exact) mass is 252 g/mol. The number of rotatable bonds is 7. The van der Waals surface area contributed by atoms with Crippen molar-refractivity contribution >= 4 is 5.97 Å². The first-order valence-corrected chi connectivity index (χ1v) is 6.12. The van der Waals surface area contributed by atoms with Crippen LogP contribution in [0.3, 0.4) is 0 Å². The van der Waals surface area contributed by atoms with Gasteiger partial charge in [-0.15, -0.1) is 0 Å². The van der Waals surface area contributed by atoms with Gasteiger partial charge in [-0.3, -0.25) is 4.79 Å². The van der Waals surface area contributed by atoms with Gasteiger partial charge in [0.25, 0.3) is 0 Å². The van der Waals surface area contributed by atoms with Crippen LogP contribution < -0.4 is 0 Å². The molecule has 1 N–H and O–H groups in total. The molecule has 4 heteroatoms. The van der Waals surface area contributed by atoms with Gasteiger partial charge in [0.1, 0.15) is 0 Å². The van der Waals surface area contributed by atoms with Gasteiger partial charge in [0.15, 0.2) is 0 Å². The van der Waals surface area contributed by atoms with Crippen molar-refractivity contribution in [2.45, 2.75) is 39.1 Å². The van der Waals surface area contributed by atoms with E-state index in [2.05, 4.69) is 0 Å². The van der Waals surface area contributed by atoms with Crippen molar-refractivity contribution in [2.24, 2.45) is 0 Å². The average Bonchev–Trinajstić information content (AvgIpc) is 2.37. The quantitative estimate of drug-likeness (QED) is 0.753. The molecule has 1 aromatic rings. The molecule has 100 valence electrons. The van der Waals surface area contributed by atoms with Crippen LogP contribution in [0.2, 0.25) is 0 Å². The molecule has 0 aliphatic heterocycles. The molecule has 1 aromatic carbocycles. The SMILES string of the molecule is CCOC(=O)C[C@H](O)[C@H](C)OCc1ccccc1. The molecule has 0 bridgehead atoms. The average molecular weight is 252 g/mol. The van der Waals surface area contributed by atoms with E-state index in [-0.39, 0.29) is 6.42 Å². The lowest BCUT2D eigenvalue weighted by molar-refractivity contribution is -0.148. The predicted molar refractivity (Wildman–Crippen MR) is 67.9 cm³/mol. The second-order valence-electron chi connectivity index (χ2n) is 4.08. The first-order chi connectivity index (χ1) is 8.63. The Labute approximate surface area is 108 Å². The second kappa shape index (κ2) is 7.84. The highest BCUT2D eigenvalue weighted by Gasteiger charge is 2.19. The molecule has 0 saturated carbocycles. The highest BCUT2D eigenvalue weighted by Crippen LogP contribution is 2.08. The summed E-state index contributed by atoms with van der Waals surface area (Å²) < 4.78 is 10.3. The number of aliphatic hydroxyl groups is 1. The van der Waals surface area contributed by atoms with Gasteiger partial charge < -0.3 is 14.6 Å². The Morgan fingerprint density at radius 1 is 1.33 bits per heavy atom. The lowest BCUT2D eigenvalue weighted by Crippen LogP contribution is -2.29. The van der Waals surface area contributed by atoms with Gasteiger partial charge in [-0.05, 0) is 19.4 Å². The van der Waals surface area contributed by atoms with Crippen molar-refractivity contribution in [2.75, 3.05) is 6.61 Å². The summed E-state index contributed by atoms with van der Waals surface area (Å²) in [6.07, 6.45) is -1.29. The summed E-state index contributed by atoms with van der Waals surface area (Å²) in [4.78, 5) is 11.2. The molecular weight excluding hydrogens is 232 g/mol. The van der Waals surface area contributed by atoms with Gasteiger partial charge in [-0.2, -0.15) is 0 Å². The second-order valence-corrected chi connectivity index (χ2v) is 4.08. The van der Waals surface area contributed by atoms with E-state index in [0.29, 0.717) is 13.2 Å². The Balaban J connectivity index is 2.31. The molecule has 0 radical (unpaired) electrons. The van der Waals surface area contributed by atoms with E-state index in [1.165, 1.54) is 0 Å². The Kier molecular flexibility index (Phi) is 6.39. The molecule has 0 amide bonds. The van der Waals surface area contributed by atoms with Crippen molar-refractivity contribution in [3.63, 3.8) is 0 Å². The fraction of sp³-hybridized carbons (Fsp3) is 0.500. The molecule has 2 atom stereocenters. The van der Waals surface area contributed by atoms with Crippen LogP contribution in [-0.4, -0.2) is 29.9 Å². The van der Waals surface area contributed by atoms with Gasteiger partial charge in [-0.1, -0.05) is 30.3 Å². The highest BCUT2D eigenvalue weighted by atomic mass is 16.5. The maximum Gasteiger partial charge on any atom is 0.308 e. The molecule has 1 rings (SSSR count). The van der Waals surface area contributed by atoms with Crippen LogP contribution in [0.1, 0.15) is 25.8 Å². The number of hydrogen-bond acceptors (Lipinski definition) is 4. The summed E-state index contributed by atoms with van der Waals surface area (Å²) in [7, 11) is 0. The number of hydrogen-bond donors (Lipinski definition) is 1. The van der Waals surface area contributed by atoms with Crippen LogP contribution >= 0.6 is 0 Å². The van der Waals surface area contributed by atoms with Crippen LogP contribution in [0.25, 0.3) is 0 Å². The van der Waals surface area contributed by atoms with E-state index < -0.39 is 18.2 Å². The molecule has 0 unspecified atom stereocenters. The van der Waals surface area contributed by atoms with E-state index in [1.54, 1.807) is 13.8 Å². The molecule has 4 nitrogen and oxygen atoms in total. The number of aliphatic hydroxyl groups excluding tert-OH is 1. The van der Waals surface area contributed by atoms with Crippen LogP contribution in [0.4, 0.5) is 0 Å².